The van der Waals surface area contributed by atoms with Crippen LogP contribution in [0.1, 0.15) is 18.9 Å². The molecule has 1 fully saturated rings. The fourth-order valence-electron chi connectivity index (χ4n) is 2.03. The molecule has 1 aromatic rings. The van der Waals surface area contributed by atoms with Gasteiger partial charge in [-0.25, -0.2) is 4.39 Å². The van der Waals surface area contributed by atoms with E-state index in [0.29, 0.717) is 25.2 Å². The van der Waals surface area contributed by atoms with Crippen molar-refractivity contribution < 1.29 is 9.50 Å². The molecule has 4 heteroatoms. The van der Waals surface area contributed by atoms with Crippen molar-refractivity contribution >= 4 is 15.9 Å². The summed E-state index contributed by atoms with van der Waals surface area (Å²) in [5.74, 6) is -0.185. The summed E-state index contributed by atoms with van der Waals surface area (Å²) >= 11 is 3.33. The van der Waals surface area contributed by atoms with Gasteiger partial charge in [0, 0.05) is 29.7 Å². The van der Waals surface area contributed by atoms with E-state index in [-0.39, 0.29) is 5.82 Å². The first-order chi connectivity index (χ1) is 7.52. The van der Waals surface area contributed by atoms with Crippen molar-refractivity contribution in [1.82, 2.24) is 4.90 Å². The second kappa shape index (κ2) is 4.43. The van der Waals surface area contributed by atoms with Gasteiger partial charge in [0.2, 0.25) is 0 Å². The SMILES string of the molecule is CCC1(O)CN(Cc2cc(Br)ccc2F)C1. The van der Waals surface area contributed by atoms with Crippen molar-refractivity contribution in [3.63, 3.8) is 0 Å². The average molecular weight is 288 g/mol. The van der Waals surface area contributed by atoms with Crippen LogP contribution >= 0.6 is 15.9 Å². The number of aliphatic hydroxyl groups is 1. The number of nitrogens with zero attached hydrogens (tertiary/aromatic N) is 1. The lowest BCUT2D eigenvalue weighted by molar-refractivity contribution is -0.103. The molecule has 2 rings (SSSR count). The molecule has 0 bridgehead atoms. The summed E-state index contributed by atoms with van der Waals surface area (Å²) in [5, 5.41) is 9.85. The summed E-state index contributed by atoms with van der Waals surface area (Å²) in [4.78, 5) is 2.05. The molecule has 1 N–H and O–H groups in total. The topological polar surface area (TPSA) is 23.5 Å². The Hall–Kier alpha value is -0.450. The van der Waals surface area contributed by atoms with Gasteiger partial charge in [-0.15, -0.1) is 0 Å². The van der Waals surface area contributed by atoms with Gasteiger partial charge in [0.1, 0.15) is 5.82 Å². The molecule has 1 aliphatic rings. The quantitative estimate of drug-likeness (QED) is 0.924. The second-order valence-electron chi connectivity index (χ2n) is 4.46. The predicted molar refractivity (Wildman–Crippen MR) is 64.6 cm³/mol. The monoisotopic (exact) mass is 287 g/mol. The summed E-state index contributed by atoms with van der Waals surface area (Å²) in [7, 11) is 0. The van der Waals surface area contributed by atoms with E-state index in [1.165, 1.54) is 6.07 Å². The standard InChI is InChI=1S/C12H15BrFNO/c1-2-12(16)7-15(8-12)6-9-5-10(13)3-4-11(9)14/h3-5,16H,2,6-8H2,1H3. The maximum absolute atomic E-state index is 13.5. The lowest BCUT2D eigenvalue weighted by atomic mass is 9.91. The van der Waals surface area contributed by atoms with Crippen molar-refractivity contribution in [2.24, 2.45) is 0 Å². The number of halogens is 2. The van der Waals surface area contributed by atoms with E-state index in [1.54, 1.807) is 12.1 Å². The van der Waals surface area contributed by atoms with Crippen LogP contribution in [0.3, 0.4) is 0 Å². The van der Waals surface area contributed by atoms with Crippen LogP contribution in [0.5, 0.6) is 0 Å². The molecular formula is C12H15BrFNO. The lowest BCUT2D eigenvalue weighted by Crippen LogP contribution is -2.60. The number of hydrogen-bond donors (Lipinski definition) is 1. The fourth-order valence-corrected chi connectivity index (χ4v) is 2.44. The number of hydrogen-bond acceptors (Lipinski definition) is 2. The molecule has 0 amide bonds. The first-order valence-corrected chi connectivity index (χ1v) is 6.20. The zero-order valence-corrected chi connectivity index (χ0v) is 10.8. The highest BCUT2D eigenvalue weighted by Crippen LogP contribution is 2.27. The van der Waals surface area contributed by atoms with E-state index in [4.69, 9.17) is 0 Å². The van der Waals surface area contributed by atoms with Crippen LogP contribution in [0, 0.1) is 5.82 Å². The zero-order valence-electron chi connectivity index (χ0n) is 9.21. The van der Waals surface area contributed by atoms with Gasteiger partial charge in [0.05, 0.1) is 5.60 Å². The maximum Gasteiger partial charge on any atom is 0.127 e. The van der Waals surface area contributed by atoms with Gasteiger partial charge in [-0.05, 0) is 24.6 Å². The van der Waals surface area contributed by atoms with Gasteiger partial charge in [-0.2, -0.15) is 0 Å². The molecule has 88 valence electrons. The number of rotatable bonds is 3. The number of likely N-dealkylation sites (tertiary alicyclic amines) is 1. The highest BCUT2D eigenvalue weighted by Gasteiger charge is 2.39. The van der Waals surface area contributed by atoms with E-state index in [9.17, 15) is 9.50 Å². The third kappa shape index (κ3) is 2.44. The Morgan fingerprint density at radius 2 is 2.19 bits per heavy atom. The van der Waals surface area contributed by atoms with Crippen LogP contribution in [0.2, 0.25) is 0 Å². The first-order valence-electron chi connectivity index (χ1n) is 5.41. The van der Waals surface area contributed by atoms with Crippen LogP contribution in [0.4, 0.5) is 4.39 Å². The minimum Gasteiger partial charge on any atom is -0.387 e. The Balaban J connectivity index is 1.99. The number of β-amino-alcohol motifs (C(OH)–C–C–N with tert-alkyl or cyclic N) is 1. The second-order valence-corrected chi connectivity index (χ2v) is 5.37. The molecule has 1 heterocycles. The summed E-state index contributed by atoms with van der Waals surface area (Å²) < 4.78 is 14.3. The maximum atomic E-state index is 13.5. The van der Waals surface area contributed by atoms with Crippen LogP contribution < -0.4 is 0 Å². The van der Waals surface area contributed by atoms with E-state index in [1.807, 2.05) is 11.8 Å². The Morgan fingerprint density at radius 3 is 2.81 bits per heavy atom. The van der Waals surface area contributed by atoms with Crippen molar-refractivity contribution in [1.29, 1.82) is 0 Å². The lowest BCUT2D eigenvalue weighted by Gasteiger charge is -2.46. The molecule has 0 unspecified atom stereocenters. The van der Waals surface area contributed by atoms with E-state index < -0.39 is 5.60 Å². The summed E-state index contributed by atoms with van der Waals surface area (Å²) in [6.07, 6.45) is 0.754. The molecule has 0 atom stereocenters. The first kappa shape index (κ1) is 12.0. The van der Waals surface area contributed by atoms with Crippen molar-refractivity contribution in [3.8, 4) is 0 Å². The Bertz CT molecular complexity index is 391. The van der Waals surface area contributed by atoms with Gasteiger partial charge >= 0.3 is 0 Å². The molecular weight excluding hydrogens is 273 g/mol. The third-order valence-electron chi connectivity index (χ3n) is 3.10. The molecule has 0 spiro atoms. The molecule has 0 aromatic heterocycles. The van der Waals surface area contributed by atoms with Gasteiger partial charge in [-0.1, -0.05) is 22.9 Å². The molecule has 1 aliphatic heterocycles. The number of benzene rings is 1. The largest absolute Gasteiger partial charge is 0.387 e. The highest BCUT2D eigenvalue weighted by atomic mass is 79.9. The zero-order chi connectivity index (χ0) is 11.8. The summed E-state index contributed by atoms with van der Waals surface area (Å²) in [6.45, 7) is 3.80. The Morgan fingerprint density at radius 1 is 1.50 bits per heavy atom. The van der Waals surface area contributed by atoms with Crippen LogP contribution in [-0.4, -0.2) is 28.7 Å². The van der Waals surface area contributed by atoms with Gasteiger partial charge in [0.15, 0.2) is 0 Å². The van der Waals surface area contributed by atoms with Gasteiger partial charge in [0.25, 0.3) is 0 Å². The minimum absolute atomic E-state index is 0.185. The fraction of sp³-hybridized carbons (Fsp3) is 0.500. The van der Waals surface area contributed by atoms with E-state index in [2.05, 4.69) is 15.9 Å². The Kier molecular flexibility index (Phi) is 3.33. The molecule has 16 heavy (non-hydrogen) atoms. The van der Waals surface area contributed by atoms with Crippen LogP contribution in [-0.2, 0) is 6.54 Å². The van der Waals surface area contributed by atoms with Crippen LogP contribution in [0.25, 0.3) is 0 Å². The van der Waals surface area contributed by atoms with Crippen molar-refractivity contribution in [2.75, 3.05) is 13.1 Å². The van der Waals surface area contributed by atoms with E-state index in [0.717, 1.165) is 10.9 Å². The average Bonchev–Trinajstić information content (AvgIpc) is 2.21. The Labute approximate surface area is 103 Å². The smallest absolute Gasteiger partial charge is 0.127 e. The predicted octanol–water partition coefficient (Wildman–Crippen LogP) is 2.54. The summed E-state index contributed by atoms with van der Waals surface area (Å²) in [6, 6.07) is 4.95. The molecule has 1 saturated heterocycles. The normalized spacial score (nSPS) is 19.5. The molecule has 0 saturated carbocycles. The molecule has 2 nitrogen and oxygen atoms in total. The van der Waals surface area contributed by atoms with Crippen LogP contribution in [0.15, 0.2) is 22.7 Å². The molecule has 0 aliphatic carbocycles. The van der Waals surface area contributed by atoms with E-state index >= 15 is 0 Å². The highest BCUT2D eigenvalue weighted by molar-refractivity contribution is 9.10. The molecule has 0 radical (unpaired) electrons. The van der Waals surface area contributed by atoms with Gasteiger partial charge < -0.3 is 5.11 Å². The minimum atomic E-state index is -0.553. The molecule has 1 aromatic carbocycles. The third-order valence-corrected chi connectivity index (χ3v) is 3.59. The summed E-state index contributed by atoms with van der Waals surface area (Å²) in [5.41, 5.74) is 0.121. The van der Waals surface area contributed by atoms with Gasteiger partial charge in [-0.3, -0.25) is 4.90 Å². The van der Waals surface area contributed by atoms with Crippen molar-refractivity contribution in [2.45, 2.75) is 25.5 Å². The van der Waals surface area contributed by atoms with Crippen molar-refractivity contribution in [3.05, 3.63) is 34.1 Å².